The summed E-state index contributed by atoms with van der Waals surface area (Å²) in [5.41, 5.74) is 2.33. The fourth-order valence-electron chi connectivity index (χ4n) is 1.02. The molecule has 1 nitrogen and oxygen atoms in total. The first-order valence-electron chi connectivity index (χ1n) is 3.12. The Hall–Kier alpha value is -0.560. The van der Waals surface area contributed by atoms with Crippen LogP contribution in [-0.4, -0.2) is 13.2 Å². The Balaban J connectivity index is 2.60. The lowest BCUT2D eigenvalue weighted by atomic mass is 9.98. The van der Waals surface area contributed by atoms with Crippen molar-refractivity contribution < 1.29 is 4.74 Å². The zero-order valence-corrected chi connectivity index (χ0v) is 5.81. The smallest absolute Gasteiger partial charge is 0.0681 e. The molecular weight excluding hydrogens is 112 g/mol. The van der Waals surface area contributed by atoms with Gasteiger partial charge in [-0.2, -0.15) is 0 Å². The van der Waals surface area contributed by atoms with E-state index < -0.39 is 0 Å². The van der Waals surface area contributed by atoms with Crippen molar-refractivity contribution in [1.29, 1.82) is 0 Å². The molecule has 1 rings (SSSR count). The number of rotatable bonds is 1. The van der Waals surface area contributed by atoms with Gasteiger partial charge >= 0.3 is 0 Å². The first-order chi connectivity index (χ1) is 4.22. The third-order valence-electron chi connectivity index (χ3n) is 1.66. The van der Waals surface area contributed by atoms with Crippen LogP contribution in [0.5, 0.6) is 0 Å². The third-order valence-corrected chi connectivity index (χ3v) is 1.66. The summed E-state index contributed by atoms with van der Waals surface area (Å²) in [6, 6.07) is 0. The molecule has 0 aliphatic carbocycles. The molecule has 0 aromatic rings. The van der Waals surface area contributed by atoms with Gasteiger partial charge in [-0.25, -0.2) is 0 Å². The molecule has 0 aromatic carbocycles. The minimum Gasteiger partial charge on any atom is -0.376 e. The van der Waals surface area contributed by atoms with E-state index in [2.05, 4.69) is 13.2 Å². The second-order valence-electron chi connectivity index (χ2n) is 2.57. The first-order valence-corrected chi connectivity index (χ1v) is 3.12. The van der Waals surface area contributed by atoms with Gasteiger partial charge in [-0.1, -0.05) is 18.7 Å². The molecule has 0 radical (unpaired) electrons. The van der Waals surface area contributed by atoms with Crippen molar-refractivity contribution in [1.82, 2.24) is 0 Å². The van der Waals surface area contributed by atoms with Crippen LogP contribution in [0.1, 0.15) is 6.92 Å². The predicted molar refractivity (Wildman–Crippen MR) is 38.3 cm³/mol. The average Bonchev–Trinajstić information content (AvgIpc) is 2.13. The summed E-state index contributed by atoms with van der Waals surface area (Å²) in [4.78, 5) is 0. The Labute approximate surface area is 56.0 Å². The molecule has 1 heteroatoms. The molecule has 0 N–H and O–H groups in total. The summed E-state index contributed by atoms with van der Waals surface area (Å²) in [5, 5.41) is 0. The summed E-state index contributed by atoms with van der Waals surface area (Å²) < 4.78 is 5.17. The normalized spacial score (nSPS) is 26.8. The van der Waals surface area contributed by atoms with E-state index in [0.717, 1.165) is 18.8 Å². The van der Waals surface area contributed by atoms with E-state index in [9.17, 15) is 0 Å². The summed E-state index contributed by atoms with van der Waals surface area (Å²) in [6.07, 6.45) is 0. The van der Waals surface area contributed by atoms with E-state index in [0.29, 0.717) is 5.92 Å². The monoisotopic (exact) mass is 124 g/mol. The molecule has 9 heavy (non-hydrogen) atoms. The molecular formula is C8H12O. The molecule has 1 aliphatic rings. The highest BCUT2D eigenvalue weighted by molar-refractivity contribution is 5.17. The van der Waals surface area contributed by atoms with Crippen molar-refractivity contribution >= 4 is 0 Å². The Morgan fingerprint density at radius 1 is 1.78 bits per heavy atom. The molecule has 1 fully saturated rings. The van der Waals surface area contributed by atoms with Gasteiger partial charge < -0.3 is 4.74 Å². The first kappa shape index (κ1) is 6.56. The fourth-order valence-corrected chi connectivity index (χ4v) is 1.02. The third kappa shape index (κ3) is 1.22. The van der Waals surface area contributed by atoms with Crippen LogP contribution in [0.2, 0.25) is 0 Å². The molecule has 0 spiro atoms. The summed E-state index contributed by atoms with van der Waals surface area (Å²) in [7, 11) is 0. The quantitative estimate of drug-likeness (QED) is 0.484. The Bertz CT molecular complexity index is 147. The van der Waals surface area contributed by atoms with Crippen LogP contribution in [0, 0.1) is 5.92 Å². The van der Waals surface area contributed by atoms with Gasteiger partial charge in [-0.3, -0.25) is 0 Å². The van der Waals surface area contributed by atoms with E-state index in [4.69, 9.17) is 4.74 Å². The van der Waals surface area contributed by atoms with E-state index >= 15 is 0 Å². The van der Waals surface area contributed by atoms with E-state index in [1.54, 1.807) is 0 Å². The molecule has 50 valence electrons. The Morgan fingerprint density at radius 3 is 2.67 bits per heavy atom. The topological polar surface area (TPSA) is 9.23 Å². The Kier molecular flexibility index (Phi) is 1.72. The number of ether oxygens (including phenoxy) is 1. The molecule has 1 saturated heterocycles. The highest BCUT2D eigenvalue weighted by Gasteiger charge is 2.19. The SMILES string of the molecule is C=C(C)C1COCC1=C. The molecule has 0 aromatic heterocycles. The number of hydrogen-bond donors (Lipinski definition) is 0. The second-order valence-corrected chi connectivity index (χ2v) is 2.57. The average molecular weight is 124 g/mol. The van der Waals surface area contributed by atoms with Gasteiger partial charge in [0.25, 0.3) is 0 Å². The maximum atomic E-state index is 5.17. The van der Waals surface area contributed by atoms with Crippen molar-refractivity contribution in [3.05, 3.63) is 24.3 Å². The van der Waals surface area contributed by atoms with Crippen molar-refractivity contribution in [3.8, 4) is 0 Å². The van der Waals surface area contributed by atoms with Gasteiger partial charge in [-0.05, 0) is 12.5 Å². The van der Waals surface area contributed by atoms with Gasteiger partial charge in [0.1, 0.15) is 0 Å². The van der Waals surface area contributed by atoms with Gasteiger partial charge in [-0.15, -0.1) is 0 Å². The van der Waals surface area contributed by atoms with E-state index in [1.807, 2.05) is 6.92 Å². The largest absolute Gasteiger partial charge is 0.376 e. The van der Waals surface area contributed by atoms with Crippen molar-refractivity contribution in [2.45, 2.75) is 6.92 Å². The van der Waals surface area contributed by atoms with Gasteiger partial charge in [0, 0.05) is 5.92 Å². The minimum absolute atomic E-state index is 0.421. The maximum Gasteiger partial charge on any atom is 0.0681 e. The zero-order valence-electron chi connectivity index (χ0n) is 5.81. The van der Waals surface area contributed by atoms with Crippen molar-refractivity contribution in [2.24, 2.45) is 5.92 Å². The lowest BCUT2D eigenvalue weighted by Crippen LogP contribution is -2.00. The van der Waals surface area contributed by atoms with Crippen LogP contribution in [0.4, 0.5) is 0 Å². The van der Waals surface area contributed by atoms with Gasteiger partial charge in [0.05, 0.1) is 13.2 Å². The molecule has 0 saturated carbocycles. The summed E-state index contributed by atoms with van der Waals surface area (Å²) >= 11 is 0. The van der Waals surface area contributed by atoms with Crippen LogP contribution in [0.15, 0.2) is 24.3 Å². The zero-order chi connectivity index (χ0) is 6.85. The van der Waals surface area contributed by atoms with Crippen molar-refractivity contribution in [2.75, 3.05) is 13.2 Å². The van der Waals surface area contributed by atoms with Crippen LogP contribution < -0.4 is 0 Å². The fraction of sp³-hybridized carbons (Fsp3) is 0.500. The maximum absolute atomic E-state index is 5.17. The van der Waals surface area contributed by atoms with Crippen LogP contribution in [-0.2, 0) is 4.74 Å². The Morgan fingerprint density at radius 2 is 2.44 bits per heavy atom. The van der Waals surface area contributed by atoms with Crippen LogP contribution >= 0.6 is 0 Å². The molecule has 0 amide bonds. The summed E-state index contributed by atoms with van der Waals surface area (Å²) in [5.74, 6) is 0.421. The number of hydrogen-bond acceptors (Lipinski definition) is 1. The van der Waals surface area contributed by atoms with Gasteiger partial charge in [0.15, 0.2) is 0 Å². The predicted octanol–water partition coefficient (Wildman–Crippen LogP) is 1.77. The molecule has 0 bridgehead atoms. The van der Waals surface area contributed by atoms with E-state index in [-0.39, 0.29) is 0 Å². The molecule has 1 atom stereocenters. The standard InChI is InChI=1S/C8H12O/c1-6(2)8-5-9-4-7(8)3/h8H,1,3-5H2,2H3. The highest BCUT2D eigenvalue weighted by Crippen LogP contribution is 2.23. The molecule has 1 aliphatic heterocycles. The van der Waals surface area contributed by atoms with E-state index in [1.165, 1.54) is 5.57 Å². The van der Waals surface area contributed by atoms with Crippen LogP contribution in [0.3, 0.4) is 0 Å². The lowest BCUT2D eigenvalue weighted by Gasteiger charge is -2.05. The molecule has 1 heterocycles. The minimum atomic E-state index is 0.421. The summed E-state index contributed by atoms with van der Waals surface area (Å²) in [6.45, 7) is 11.2. The second kappa shape index (κ2) is 2.36. The molecule has 1 unspecified atom stereocenters. The lowest BCUT2D eigenvalue weighted by molar-refractivity contribution is 0.194. The van der Waals surface area contributed by atoms with Gasteiger partial charge in [0.2, 0.25) is 0 Å². The van der Waals surface area contributed by atoms with Crippen molar-refractivity contribution in [3.63, 3.8) is 0 Å². The highest BCUT2D eigenvalue weighted by atomic mass is 16.5. The van der Waals surface area contributed by atoms with Crippen LogP contribution in [0.25, 0.3) is 0 Å².